The molecule has 2 aromatic carbocycles. The third-order valence-electron chi connectivity index (χ3n) is 2.78. The molecule has 19 heavy (non-hydrogen) atoms. The van der Waals surface area contributed by atoms with E-state index in [9.17, 15) is 10.1 Å². The van der Waals surface area contributed by atoms with E-state index in [0.717, 1.165) is 16.9 Å². The molecule has 0 aliphatic carbocycles. The molecule has 0 aliphatic heterocycles. The molecule has 0 saturated carbocycles. The number of nitro benzene ring substituents is 1. The summed E-state index contributed by atoms with van der Waals surface area (Å²) in [5.41, 5.74) is 7.53. The van der Waals surface area contributed by atoms with Gasteiger partial charge in [-0.25, -0.2) is 0 Å². The lowest BCUT2D eigenvalue weighted by Crippen LogP contribution is -2.00. The first-order valence-corrected chi connectivity index (χ1v) is 5.79. The highest BCUT2D eigenvalue weighted by Crippen LogP contribution is 2.23. The first-order valence-electron chi connectivity index (χ1n) is 5.79. The molecule has 2 aromatic rings. The van der Waals surface area contributed by atoms with Crippen molar-refractivity contribution in [3.63, 3.8) is 0 Å². The highest BCUT2D eigenvalue weighted by Gasteiger charge is 2.11. The van der Waals surface area contributed by atoms with Crippen LogP contribution in [0, 0.1) is 17.0 Å². The van der Waals surface area contributed by atoms with Gasteiger partial charge in [0.25, 0.3) is 5.69 Å². The van der Waals surface area contributed by atoms with Crippen molar-refractivity contribution in [2.24, 2.45) is 0 Å². The summed E-state index contributed by atoms with van der Waals surface area (Å²) < 4.78 is 5.65. The molecular weight excluding hydrogens is 244 g/mol. The third-order valence-corrected chi connectivity index (χ3v) is 2.78. The molecule has 0 heterocycles. The average molecular weight is 258 g/mol. The molecule has 0 fully saturated rings. The number of nitrogen functional groups attached to an aromatic ring is 1. The number of nitro groups is 1. The molecule has 0 aromatic heterocycles. The van der Waals surface area contributed by atoms with Crippen LogP contribution in [-0.4, -0.2) is 4.92 Å². The second kappa shape index (κ2) is 5.39. The maximum absolute atomic E-state index is 10.7. The molecule has 98 valence electrons. The number of nitrogens with zero attached hydrogens (tertiary/aromatic N) is 1. The molecule has 2 rings (SSSR count). The Hall–Kier alpha value is -2.56. The van der Waals surface area contributed by atoms with Gasteiger partial charge in [-0.15, -0.1) is 0 Å². The zero-order valence-electron chi connectivity index (χ0n) is 10.5. The summed E-state index contributed by atoms with van der Waals surface area (Å²) in [6, 6.07) is 12.3. The highest BCUT2D eigenvalue weighted by atomic mass is 16.6. The molecule has 5 heteroatoms. The largest absolute Gasteiger partial charge is 0.489 e. The van der Waals surface area contributed by atoms with Gasteiger partial charge in [-0.3, -0.25) is 10.1 Å². The topological polar surface area (TPSA) is 78.4 Å². The van der Waals surface area contributed by atoms with Gasteiger partial charge in [-0.1, -0.05) is 18.2 Å². The Morgan fingerprint density at radius 1 is 1.26 bits per heavy atom. The van der Waals surface area contributed by atoms with Gasteiger partial charge in [-0.05, 0) is 36.2 Å². The number of hydrogen-bond acceptors (Lipinski definition) is 4. The summed E-state index contributed by atoms with van der Waals surface area (Å²) in [6.45, 7) is 2.28. The second-order valence-corrected chi connectivity index (χ2v) is 4.20. The Morgan fingerprint density at radius 3 is 2.63 bits per heavy atom. The molecule has 0 amide bonds. The Bertz CT molecular complexity index is 611. The van der Waals surface area contributed by atoms with Gasteiger partial charge in [0.2, 0.25) is 0 Å². The maximum Gasteiger partial charge on any atom is 0.292 e. The monoisotopic (exact) mass is 258 g/mol. The lowest BCUT2D eigenvalue weighted by Gasteiger charge is -2.09. The van der Waals surface area contributed by atoms with Gasteiger partial charge in [-0.2, -0.15) is 0 Å². The van der Waals surface area contributed by atoms with Gasteiger partial charge >= 0.3 is 0 Å². The van der Waals surface area contributed by atoms with Crippen LogP contribution in [0.2, 0.25) is 0 Å². The summed E-state index contributed by atoms with van der Waals surface area (Å²) in [4.78, 5) is 10.2. The minimum Gasteiger partial charge on any atom is -0.489 e. The zero-order chi connectivity index (χ0) is 13.8. The summed E-state index contributed by atoms with van der Waals surface area (Å²) in [5.74, 6) is 0.791. The Kier molecular flexibility index (Phi) is 3.66. The Labute approximate surface area is 110 Å². The second-order valence-electron chi connectivity index (χ2n) is 4.20. The van der Waals surface area contributed by atoms with Crippen LogP contribution in [0.25, 0.3) is 0 Å². The van der Waals surface area contributed by atoms with Crippen molar-refractivity contribution in [1.82, 2.24) is 0 Å². The minimum atomic E-state index is -0.499. The van der Waals surface area contributed by atoms with Crippen LogP contribution in [0.15, 0.2) is 42.5 Å². The number of rotatable bonds is 4. The predicted octanol–water partition coefficient (Wildman–Crippen LogP) is 3.06. The summed E-state index contributed by atoms with van der Waals surface area (Å²) >= 11 is 0. The number of ether oxygens (including phenoxy) is 1. The maximum atomic E-state index is 10.7. The molecule has 0 aliphatic rings. The molecule has 0 unspecified atom stereocenters. The molecule has 0 saturated heterocycles. The van der Waals surface area contributed by atoms with Crippen LogP contribution in [0.1, 0.15) is 11.1 Å². The number of anilines is 1. The van der Waals surface area contributed by atoms with E-state index < -0.39 is 4.92 Å². The predicted molar refractivity (Wildman–Crippen MR) is 73.0 cm³/mol. The fourth-order valence-corrected chi connectivity index (χ4v) is 1.74. The van der Waals surface area contributed by atoms with Crippen LogP contribution < -0.4 is 10.5 Å². The van der Waals surface area contributed by atoms with Gasteiger partial charge in [0.05, 0.1) is 4.92 Å². The van der Waals surface area contributed by atoms with Crippen molar-refractivity contribution in [1.29, 1.82) is 0 Å². The number of nitrogens with two attached hydrogens (primary N) is 1. The summed E-state index contributed by atoms with van der Waals surface area (Å²) in [7, 11) is 0. The van der Waals surface area contributed by atoms with E-state index in [-0.39, 0.29) is 11.4 Å². The van der Waals surface area contributed by atoms with Crippen molar-refractivity contribution >= 4 is 11.4 Å². The fourth-order valence-electron chi connectivity index (χ4n) is 1.74. The summed E-state index contributed by atoms with van der Waals surface area (Å²) in [5, 5.41) is 10.7. The number of para-hydroxylation sites is 1. The van der Waals surface area contributed by atoms with Crippen molar-refractivity contribution in [3.05, 3.63) is 63.7 Å². The van der Waals surface area contributed by atoms with Crippen molar-refractivity contribution in [3.8, 4) is 5.75 Å². The van der Waals surface area contributed by atoms with Crippen LogP contribution >= 0.6 is 0 Å². The lowest BCUT2D eigenvalue weighted by atomic mass is 10.2. The van der Waals surface area contributed by atoms with Gasteiger partial charge in [0.1, 0.15) is 18.0 Å². The normalized spacial score (nSPS) is 10.2. The van der Waals surface area contributed by atoms with Gasteiger partial charge in [0, 0.05) is 6.07 Å². The van der Waals surface area contributed by atoms with Crippen molar-refractivity contribution < 1.29 is 9.66 Å². The van der Waals surface area contributed by atoms with Gasteiger partial charge in [0.15, 0.2) is 0 Å². The molecule has 0 bridgehead atoms. The third kappa shape index (κ3) is 3.01. The standard InChI is InChI=1S/C14H14N2O3/c1-10-4-2-3-5-14(10)19-9-11-6-7-13(16(17)18)12(15)8-11/h2-8H,9,15H2,1H3. The molecule has 0 spiro atoms. The van der Waals surface area contributed by atoms with E-state index in [4.69, 9.17) is 10.5 Å². The Balaban J connectivity index is 2.11. The van der Waals surface area contributed by atoms with E-state index in [0.29, 0.717) is 6.61 Å². The van der Waals surface area contributed by atoms with Gasteiger partial charge < -0.3 is 10.5 Å². The van der Waals surface area contributed by atoms with E-state index in [2.05, 4.69) is 0 Å². The van der Waals surface area contributed by atoms with E-state index in [1.807, 2.05) is 31.2 Å². The minimum absolute atomic E-state index is 0.0837. The van der Waals surface area contributed by atoms with E-state index in [1.54, 1.807) is 12.1 Å². The number of aryl methyl sites for hydroxylation is 1. The van der Waals surface area contributed by atoms with Crippen LogP contribution in [-0.2, 0) is 6.61 Å². The quantitative estimate of drug-likeness (QED) is 0.519. The molecule has 5 nitrogen and oxygen atoms in total. The summed E-state index contributed by atoms with van der Waals surface area (Å²) in [6.07, 6.45) is 0. The smallest absolute Gasteiger partial charge is 0.292 e. The van der Waals surface area contributed by atoms with Crippen LogP contribution in [0.4, 0.5) is 11.4 Å². The zero-order valence-corrected chi connectivity index (χ0v) is 10.5. The molecule has 2 N–H and O–H groups in total. The molecule has 0 radical (unpaired) electrons. The highest BCUT2D eigenvalue weighted by molar-refractivity contribution is 5.59. The number of hydrogen-bond donors (Lipinski definition) is 1. The fraction of sp³-hybridized carbons (Fsp3) is 0.143. The first kappa shape index (κ1) is 12.9. The lowest BCUT2D eigenvalue weighted by molar-refractivity contribution is -0.383. The number of benzene rings is 2. The SMILES string of the molecule is Cc1ccccc1OCc1ccc([N+](=O)[O-])c(N)c1. The molecular formula is C14H14N2O3. The van der Waals surface area contributed by atoms with E-state index in [1.165, 1.54) is 6.07 Å². The van der Waals surface area contributed by atoms with Crippen molar-refractivity contribution in [2.45, 2.75) is 13.5 Å². The van der Waals surface area contributed by atoms with Crippen LogP contribution in [0.3, 0.4) is 0 Å². The first-order chi connectivity index (χ1) is 9.08. The van der Waals surface area contributed by atoms with Crippen molar-refractivity contribution in [2.75, 3.05) is 5.73 Å². The van der Waals surface area contributed by atoms with E-state index >= 15 is 0 Å². The van der Waals surface area contributed by atoms with Crippen LogP contribution in [0.5, 0.6) is 5.75 Å². The average Bonchev–Trinajstić information content (AvgIpc) is 2.37. The Morgan fingerprint density at radius 2 is 2.00 bits per heavy atom. The molecule has 0 atom stereocenters.